The second kappa shape index (κ2) is 8.32. The molecule has 0 saturated carbocycles. The lowest BCUT2D eigenvalue weighted by Gasteiger charge is -2.35. The molecule has 0 spiro atoms. The Morgan fingerprint density at radius 1 is 1.06 bits per heavy atom. The fourth-order valence-electron chi connectivity index (χ4n) is 3.89. The average Bonchev–Trinajstić information content (AvgIpc) is 3.36. The van der Waals surface area contributed by atoms with E-state index >= 15 is 0 Å². The molecule has 4 aromatic rings. The molecule has 0 unspecified atom stereocenters. The summed E-state index contributed by atoms with van der Waals surface area (Å²) < 4.78 is 39.5. The molecule has 0 bridgehead atoms. The number of aryl methyl sites for hydroxylation is 1. The number of nitrogens with zero attached hydrogens (tertiary/aromatic N) is 5. The van der Waals surface area contributed by atoms with Crippen LogP contribution in [0, 0.1) is 6.92 Å². The van der Waals surface area contributed by atoms with Crippen LogP contribution in [0.25, 0.3) is 11.1 Å². The summed E-state index contributed by atoms with van der Waals surface area (Å²) in [6.07, 6.45) is 0. The molecule has 33 heavy (non-hydrogen) atoms. The van der Waals surface area contributed by atoms with Gasteiger partial charge in [0, 0.05) is 49.9 Å². The van der Waals surface area contributed by atoms with E-state index in [0.29, 0.717) is 48.4 Å². The molecule has 3 heterocycles. The van der Waals surface area contributed by atoms with Crippen molar-refractivity contribution in [1.82, 2.24) is 19.0 Å². The molecule has 0 aliphatic carbocycles. The molecule has 0 amide bonds. The first-order valence-electron chi connectivity index (χ1n) is 10.2. The predicted octanol–water partition coefficient (Wildman–Crippen LogP) is 2.50. The van der Waals surface area contributed by atoms with E-state index < -0.39 is 15.8 Å². The Labute approximate surface area is 194 Å². The lowest BCUT2D eigenvalue weighted by atomic mass is 10.2. The third-order valence-electron chi connectivity index (χ3n) is 5.58. The fourth-order valence-corrected chi connectivity index (χ4v) is 5.46. The summed E-state index contributed by atoms with van der Waals surface area (Å²) in [5.74, 6) is 0.0847. The maximum absolute atomic E-state index is 13.2. The van der Waals surface area contributed by atoms with Crippen LogP contribution in [0.15, 0.2) is 61.1 Å². The second-order valence-corrected chi connectivity index (χ2v) is 10.1. The Balaban J connectivity index is 1.36. The monoisotopic (exact) mass is 489 g/mol. The highest BCUT2D eigenvalue weighted by Gasteiger charge is 2.29. The zero-order valence-corrected chi connectivity index (χ0v) is 19.2. The Hall–Kier alpha value is -3.15. The summed E-state index contributed by atoms with van der Waals surface area (Å²) in [5, 5.41) is 4.44. The van der Waals surface area contributed by atoms with E-state index in [9.17, 15) is 13.2 Å². The first-order chi connectivity index (χ1) is 15.8. The molecule has 1 fully saturated rings. The van der Waals surface area contributed by atoms with Crippen LogP contribution < -0.4 is 10.7 Å². The van der Waals surface area contributed by atoms with Crippen LogP contribution in [0.1, 0.15) is 11.7 Å². The third kappa shape index (κ3) is 4.14. The zero-order chi connectivity index (χ0) is 23.2. The topological polar surface area (TPSA) is 115 Å². The van der Waals surface area contributed by atoms with Crippen LogP contribution in [0.3, 0.4) is 0 Å². The van der Waals surface area contributed by atoms with Crippen molar-refractivity contribution < 1.29 is 17.4 Å². The number of piperazine rings is 1. The van der Waals surface area contributed by atoms with Crippen molar-refractivity contribution in [2.45, 2.75) is 18.4 Å². The number of oxazole rings is 1. The first-order valence-corrected chi connectivity index (χ1v) is 12.1. The SMILES string of the molecule is Cc1nc(Cn2c(=O)oc3cc(S(=O)(=O)N4CCN(c5ccc(Cl)cc5)CC4)ccc32)no1. The van der Waals surface area contributed by atoms with Gasteiger partial charge in [-0.05, 0) is 36.4 Å². The number of fused-ring (bicyclic) bond motifs is 1. The predicted molar refractivity (Wildman–Crippen MR) is 121 cm³/mol. The van der Waals surface area contributed by atoms with Crippen molar-refractivity contribution in [3.05, 3.63) is 69.8 Å². The highest BCUT2D eigenvalue weighted by molar-refractivity contribution is 7.89. The Bertz CT molecular complexity index is 1470. The van der Waals surface area contributed by atoms with E-state index in [1.54, 1.807) is 13.0 Å². The van der Waals surface area contributed by atoms with E-state index in [1.807, 2.05) is 24.3 Å². The molecule has 12 heteroatoms. The van der Waals surface area contributed by atoms with Crippen LogP contribution in [0.2, 0.25) is 5.02 Å². The number of hydrogen-bond acceptors (Lipinski definition) is 8. The van der Waals surface area contributed by atoms with E-state index in [-0.39, 0.29) is 17.0 Å². The van der Waals surface area contributed by atoms with Gasteiger partial charge in [-0.3, -0.25) is 4.57 Å². The minimum Gasteiger partial charge on any atom is -0.408 e. The molecule has 1 aliphatic heterocycles. The fraction of sp³-hybridized carbons (Fsp3) is 0.286. The molecule has 0 radical (unpaired) electrons. The van der Waals surface area contributed by atoms with Gasteiger partial charge in [-0.1, -0.05) is 16.8 Å². The standard InChI is InChI=1S/C21H20ClN5O5S/c1-14-23-20(24-32-14)13-27-18-7-6-17(12-19(18)31-21(27)28)33(29,30)26-10-8-25(9-11-26)16-4-2-15(22)3-5-16/h2-7,12H,8-11,13H2,1H3. The number of aromatic nitrogens is 3. The maximum atomic E-state index is 13.2. The number of hydrogen-bond donors (Lipinski definition) is 0. The van der Waals surface area contributed by atoms with E-state index in [0.717, 1.165) is 5.69 Å². The van der Waals surface area contributed by atoms with Crippen LogP contribution in [-0.4, -0.2) is 53.6 Å². The Morgan fingerprint density at radius 3 is 2.45 bits per heavy atom. The number of benzene rings is 2. The van der Waals surface area contributed by atoms with Crippen LogP contribution in [0.5, 0.6) is 0 Å². The Morgan fingerprint density at radius 2 is 1.79 bits per heavy atom. The largest absolute Gasteiger partial charge is 0.420 e. The van der Waals surface area contributed by atoms with Crippen LogP contribution in [-0.2, 0) is 16.6 Å². The molecule has 2 aromatic heterocycles. The quantitative estimate of drug-likeness (QED) is 0.420. The zero-order valence-electron chi connectivity index (χ0n) is 17.6. The summed E-state index contributed by atoms with van der Waals surface area (Å²) >= 11 is 5.95. The van der Waals surface area contributed by atoms with Crippen LogP contribution >= 0.6 is 11.6 Å². The van der Waals surface area contributed by atoms with Gasteiger partial charge >= 0.3 is 5.76 Å². The minimum atomic E-state index is -3.75. The van der Waals surface area contributed by atoms with Gasteiger partial charge in [-0.15, -0.1) is 0 Å². The highest BCUT2D eigenvalue weighted by atomic mass is 35.5. The summed E-state index contributed by atoms with van der Waals surface area (Å²) in [5.41, 5.74) is 1.63. The van der Waals surface area contributed by atoms with Gasteiger partial charge in [0.25, 0.3) is 0 Å². The van der Waals surface area contributed by atoms with Gasteiger partial charge in [-0.2, -0.15) is 9.29 Å². The molecule has 172 valence electrons. The minimum absolute atomic E-state index is 0.0575. The van der Waals surface area contributed by atoms with Crippen molar-refractivity contribution >= 4 is 38.4 Å². The van der Waals surface area contributed by atoms with Crippen molar-refractivity contribution in [1.29, 1.82) is 0 Å². The molecule has 1 saturated heterocycles. The number of sulfonamides is 1. The van der Waals surface area contributed by atoms with Gasteiger partial charge in [0.15, 0.2) is 11.4 Å². The molecule has 5 rings (SSSR count). The smallest absolute Gasteiger partial charge is 0.408 e. The normalized spacial score (nSPS) is 15.4. The van der Waals surface area contributed by atoms with Crippen molar-refractivity contribution in [2.24, 2.45) is 0 Å². The molecule has 2 aromatic carbocycles. The number of anilines is 1. The molecule has 0 atom stereocenters. The molecular formula is C21H20ClN5O5S. The van der Waals surface area contributed by atoms with Crippen molar-refractivity contribution in [2.75, 3.05) is 31.1 Å². The lowest BCUT2D eigenvalue weighted by molar-refractivity contribution is 0.384. The van der Waals surface area contributed by atoms with E-state index in [1.165, 1.54) is 21.0 Å². The van der Waals surface area contributed by atoms with E-state index in [4.69, 9.17) is 20.5 Å². The first kappa shape index (κ1) is 21.7. The summed E-state index contributed by atoms with van der Waals surface area (Å²) in [6.45, 7) is 3.49. The summed E-state index contributed by atoms with van der Waals surface area (Å²) in [6, 6.07) is 11.9. The maximum Gasteiger partial charge on any atom is 0.420 e. The summed E-state index contributed by atoms with van der Waals surface area (Å²) in [7, 11) is -3.75. The number of halogens is 1. The van der Waals surface area contributed by atoms with Crippen LogP contribution in [0.4, 0.5) is 5.69 Å². The number of rotatable bonds is 5. The second-order valence-electron chi connectivity index (χ2n) is 7.68. The van der Waals surface area contributed by atoms with Crippen molar-refractivity contribution in [3.8, 4) is 0 Å². The molecule has 1 aliphatic rings. The van der Waals surface area contributed by atoms with Crippen molar-refractivity contribution in [3.63, 3.8) is 0 Å². The molecule has 10 nitrogen and oxygen atoms in total. The third-order valence-corrected chi connectivity index (χ3v) is 7.72. The molecular weight excluding hydrogens is 470 g/mol. The average molecular weight is 490 g/mol. The van der Waals surface area contributed by atoms with Gasteiger partial charge < -0.3 is 13.8 Å². The Kier molecular flexibility index (Phi) is 5.47. The lowest BCUT2D eigenvalue weighted by Crippen LogP contribution is -2.48. The van der Waals surface area contributed by atoms with Gasteiger partial charge in [-0.25, -0.2) is 13.2 Å². The summed E-state index contributed by atoms with van der Waals surface area (Å²) in [4.78, 5) is 18.6. The van der Waals surface area contributed by atoms with Gasteiger partial charge in [0.2, 0.25) is 15.9 Å². The van der Waals surface area contributed by atoms with Gasteiger partial charge in [0.05, 0.1) is 17.0 Å². The highest BCUT2D eigenvalue weighted by Crippen LogP contribution is 2.25. The van der Waals surface area contributed by atoms with E-state index in [2.05, 4.69) is 15.0 Å². The molecule has 0 N–H and O–H groups in total. The van der Waals surface area contributed by atoms with Gasteiger partial charge in [0.1, 0.15) is 0 Å².